The van der Waals surface area contributed by atoms with E-state index in [1.54, 1.807) is 6.92 Å². The highest BCUT2D eigenvalue weighted by atomic mass is 16.5. The Labute approximate surface area is 104 Å². The third-order valence-corrected chi connectivity index (χ3v) is 3.75. The number of carbonyl (C=O) groups is 1. The summed E-state index contributed by atoms with van der Waals surface area (Å²) in [5, 5.41) is 0. The van der Waals surface area contributed by atoms with Crippen LogP contribution in [-0.4, -0.2) is 42.6 Å². The molecule has 1 rings (SSSR count). The predicted octanol–water partition coefficient (Wildman–Crippen LogP) is 1.39. The summed E-state index contributed by atoms with van der Waals surface area (Å²) < 4.78 is 4.72. The highest BCUT2D eigenvalue weighted by molar-refractivity contribution is 5.79. The molecule has 0 saturated carbocycles. The lowest BCUT2D eigenvalue weighted by Crippen LogP contribution is -2.49. The van der Waals surface area contributed by atoms with Crippen molar-refractivity contribution >= 4 is 5.97 Å². The molecule has 0 aromatic heterocycles. The number of nitrogens with zero attached hydrogens (tertiary/aromatic N) is 1. The van der Waals surface area contributed by atoms with Gasteiger partial charge in [-0.05, 0) is 38.6 Å². The van der Waals surface area contributed by atoms with E-state index in [4.69, 9.17) is 10.5 Å². The maximum Gasteiger partial charge on any atom is 0.325 e. The molecule has 0 aliphatic carbocycles. The zero-order valence-corrected chi connectivity index (χ0v) is 11.5. The second-order valence-electron chi connectivity index (χ2n) is 5.65. The van der Waals surface area contributed by atoms with Crippen molar-refractivity contribution in [1.29, 1.82) is 0 Å². The SMILES string of the molecule is COC(=O)C(C)(N)CCN1CCCC1C(C)C. The van der Waals surface area contributed by atoms with Gasteiger partial charge in [-0.25, -0.2) is 0 Å². The summed E-state index contributed by atoms with van der Waals surface area (Å²) in [6.07, 6.45) is 3.17. The van der Waals surface area contributed by atoms with E-state index >= 15 is 0 Å². The van der Waals surface area contributed by atoms with Gasteiger partial charge >= 0.3 is 5.97 Å². The molecule has 100 valence electrons. The molecule has 1 aliphatic rings. The summed E-state index contributed by atoms with van der Waals surface area (Å²) in [7, 11) is 1.39. The van der Waals surface area contributed by atoms with Gasteiger partial charge in [-0.15, -0.1) is 0 Å². The van der Waals surface area contributed by atoms with E-state index in [1.807, 2.05) is 0 Å². The van der Waals surface area contributed by atoms with Crippen molar-refractivity contribution < 1.29 is 9.53 Å². The number of methoxy groups -OCH3 is 1. The van der Waals surface area contributed by atoms with Crippen LogP contribution < -0.4 is 5.73 Å². The first-order valence-electron chi connectivity index (χ1n) is 6.50. The molecular weight excluding hydrogens is 216 g/mol. The standard InChI is InChI=1S/C13H26N2O2/c1-10(2)11-6-5-8-15(11)9-7-13(3,14)12(16)17-4/h10-11H,5-9,14H2,1-4H3. The van der Waals surface area contributed by atoms with Crippen molar-refractivity contribution in [3.8, 4) is 0 Å². The first-order valence-corrected chi connectivity index (χ1v) is 6.50. The van der Waals surface area contributed by atoms with Crippen LogP contribution in [-0.2, 0) is 9.53 Å². The minimum atomic E-state index is -0.862. The lowest BCUT2D eigenvalue weighted by Gasteiger charge is -2.30. The second kappa shape index (κ2) is 5.83. The van der Waals surface area contributed by atoms with Gasteiger partial charge < -0.3 is 15.4 Å². The molecule has 0 aromatic rings. The van der Waals surface area contributed by atoms with E-state index in [0.29, 0.717) is 18.4 Å². The van der Waals surface area contributed by atoms with Gasteiger partial charge in [0, 0.05) is 12.6 Å². The van der Waals surface area contributed by atoms with E-state index in [-0.39, 0.29) is 5.97 Å². The number of ether oxygens (including phenoxy) is 1. The van der Waals surface area contributed by atoms with Crippen LogP contribution in [0.4, 0.5) is 0 Å². The Morgan fingerprint density at radius 3 is 2.76 bits per heavy atom. The largest absolute Gasteiger partial charge is 0.468 e. The number of rotatable bonds is 5. The molecular formula is C13H26N2O2. The zero-order chi connectivity index (χ0) is 13.1. The molecule has 17 heavy (non-hydrogen) atoms. The van der Waals surface area contributed by atoms with Gasteiger partial charge in [0.1, 0.15) is 5.54 Å². The molecule has 1 aliphatic heterocycles. The van der Waals surface area contributed by atoms with Crippen LogP contribution in [0.25, 0.3) is 0 Å². The predicted molar refractivity (Wildman–Crippen MR) is 68.7 cm³/mol. The van der Waals surface area contributed by atoms with E-state index in [2.05, 4.69) is 18.7 Å². The Morgan fingerprint density at radius 1 is 1.59 bits per heavy atom. The first kappa shape index (κ1) is 14.5. The summed E-state index contributed by atoms with van der Waals surface area (Å²) in [6.45, 7) is 8.26. The van der Waals surface area contributed by atoms with E-state index in [9.17, 15) is 4.79 Å². The molecule has 0 bridgehead atoms. The van der Waals surface area contributed by atoms with Crippen molar-refractivity contribution in [3.63, 3.8) is 0 Å². The molecule has 0 aromatic carbocycles. The normalized spacial score (nSPS) is 24.9. The van der Waals surface area contributed by atoms with E-state index < -0.39 is 5.54 Å². The number of likely N-dealkylation sites (tertiary alicyclic amines) is 1. The lowest BCUT2D eigenvalue weighted by atomic mass is 9.97. The Bertz CT molecular complexity index is 264. The number of hydrogen-bond donors (Lipinski definition) is 1. The molecule has 1 fully saturated rings. The topological polar surface area (TPSA) is 55.6 Å². The van der Waals surface area contributed by atoms with Gasteiger partial charge in [-0.3, -0.25) is 4.79 Å². The lowest BCUT2D eigenvalue weighted by molar-refractivity contribution is -0.146. The molecule has 1 saturated heterocycles. The van der Waals surface area contributed by atoms with Crippen LogP contribution in [0.15, 0.2) is 0 Å². The molecule has 4 nitrogen and oxygen atoms in total. The second-order valence-corrected chi connectivity index (χ2v) is 5.65. The molecule has 2 unspecified atom stereocenters. The van der Waals surface area contributed by atoms with Crippen molar-refractivity contribution in [2.24, 2.45) is 11.7 Å². The first-order chi connectivity index (χ1) is 7.88. The highest BCUT2D eigenvalue weighted by Gasteiger charge is 2.33. The van der Waals surface area contributed by atoms with Crippen LogP contribution in [0.3, 0.4) is 0 Å². The van der Waals surface area contributed by atoms with Crippen LogP contribution in [0.5, 0.6) is 0 Å². The summed E-state index contributed by atoms with van der Waals surface area (Å²) in [5.74, 6) is 0.345. The number of esters is 1. The van der Waals surface area contributed by atoms with Crippen LogP contribution in [0, 0.1) is 5.92 Å². The summed E-state index contributed by atoms with van der Waals surface area (Å²) in [6, 6.07) is 0.642. The molecule has 1 heterocycles. The Hall–Kier alpha value is -0.610. The summed E-state index contributed by atoms with van der Waals surface area (Å²) in [4.78, 5) is 13.9. The fraction of sp³-hybridized carbons (Fsp3) is 0.923. The highest BCUT2D eigenvalue weighted by Crippen LogP contribution is 2.24. The van der Waals surface area contributed by atoms with Crippen LogP contribution in [0.2, 0.25) is 0 Å². The molecule has 0 amide bonds. The Balaban J connectivity index is 2.47. The Kier molecular flexibility index (Phi) is 4.95. The smallest absolute Gasteiger partial charge is 0.325 e. The summed E-state index contributed by atoms with van der Waals surface area (Å²) in [5.41, 5.74) is 5.11. The monoisotopic (exact) mass is 242 g/mol. The summed E-state index contributed by atoms with van der Waals surface area (Å²) >= 11 is 0. The Morgan fingerprint density at radius 2 is 2.24 bits per heavy atom. The third kappa shape index (κ3) is 3.68. The molecule has 0 radical (unpaired) electrons. The average Bonchev–Trinajstić information content (AvgIpc) is 2.73. The molecule has 2 atom stereocenters. The van der Waals surface area contributed by atoms with E-state index in [1.165, 1.54) is 20.0 Å². The fourth-order valence-corrected chi connectivity index (χ4v) is 2.60. The van der Waals surface area contributed by atoms with Crippen molar-refractivity contribution in [2.45, 2.75) is 51.6 Å². The van der Waals surface area contributed by atoms with Crippen molar-refractivity contribution in [2.75, 3.05) is 20.2 Å². The van der Waals surface area contributed by atoms with Gasteiger partial charge in [0.15, 0.2) is 0 Å². The third-order valence-electron chi connectivity index (χ3n) is 3.75. The van der Waals surface area contributed by atoms with Gasteiger partial charge in [0.2, 0.25) is 0 Å². The fourth-order valence-electron chi connectivity index (χ4n) is 2.60. The number of hydrogen-bond acceptors (Lipinski definition) is 4. The molecule has 0 spiro atoms. The van der Waals surface area contributed by atoms with Gasteiger partial charge in [-0.2, -0.15) is 0 Å². The van der Waals surface area contributed by atoms with Gasteiger partial charge in [-0.1, -0.05) is 13.8 Å². The number of carbonyl (C=O) groups excluding carboxylic acids is 1. The van der Waals surface area contributed by atoms with E-state index in [0.717, 1.165) is 13.1 Å². The average molecular weight is 242 g/mol. The maximum absolute atomic E-state index is 11.5. The quantitative estimate of drug-likeness (QED) is 0.740. The van der Waals surface area contributed by atoms with Gasteiger partial charge in [0.05, 0.1) is 7.11 Å². The van der Waals surface area contributed by atoms with Crippen molar-refractivity contribution in [3.05, 3.63) is 0 Å². The van der Waals surface area contributed by atoms with Crippen LogP contribution in [0.1, 0.15) is 40.0 Å². The maximum atomic E-state index is 11.5. The molecule has 2 N–H and O–H groups in total. The van der Waals surface area contributed by atoms with Gasteiger partial charge in [0.25, 0.3) is 0 Å². The zero-order valence-electron chi connectivity index (χ0n) is 11.5. The molecule has 4 heteroatoms. The van der Waals surface area contributed by atoms with Crippen molar-refractivity contribution in [1.82, 2.24) is 4.90 Å². The van der Waals surface area contributed by atoms with Crippen LogP contribution >= 0.6 is 0 Å². The number of nitrogens with two attached hydrogens (primary N) is 1. The minimum absolute atomic E-state index is 0.321. The minimum Gasteiger partial charge on any atom is -0.468 e.